The largest absolute Gasteiger partial charge is 0.444 e. The Morgan fingerprint density at radius 2 is 2.12 bits per heavy atom. The number of halogens is 1. The molecule has 2 saturated heterocycles. The molecule has 2 aliphatic heterocycles. The zero-order chi connectivity index (χ0) is 19.1. The van der Waals surface area contributed by atoms with E-state index in [1.54, 1.807) is 19.2 Å². The van der Waals surface area contributed by atoms with E-state index in [0.29, 0.717) is 24.5 Å². The molecule has 1 aromatic carbocycles. The van der Waals surface area contributed by atoms with Gasteiger partial charge < -0.3 is 14.4 Å². The van der Waals surface area contributed by atoms with Gasteiger partial charge in [0, 0.05) is 26.6 Å². The van der Waals surface area contributed by atoms with Gasteiger partial charge in [-0.15, -0.1) is 0 Å². The molecular weight excluding hydrogens is 367 g/mol. The summed E-state index contributed by atoms with van der Waals surface area (Å²) in [6.45, 7) is 3.19. The lowest BCUT2D eigenvalue weighted by atomic mass is 9.95. The lowest BCUT2D eigenvalue weighted by Gasteiger charge is -2.48. The van der Waals surface area contributed by atoms with Crippen LogP contribution < -0.4 is 9.80 Å². The normalized spacial score (nSPS) is 22.3. The molecule has 10 heteroatoms. The molecule has 144 valence electrons. The number of benzene rings is 1. The Kier molecular flexibility index (Phi) is 4.84. The maximum Gasteiger partial charge on any atom is 0.414 e. The Morgan fingerprint density at radius 3 is 2.69 bits per heavy atom. The van der Waals surface area contributed by atoms with Crippen LogP contribution in [0.15, 0.2) is 18.2 Å². The zero-order valence-electron chi connectivity index (χ0n) is 14.5. The van der Waals surface area contributed by atoms with Crippen LogP contribution in [0.3, 0.4) is 0 Å². The minimum absolute atomic E-state index is 0.0228. The van der Waals surface area contributed by atoms with Crippen molar-refractivity contribution in [3.8, 4) is 0 Å². The lowest BCUT2D eigenvalue weighted by Crippen LogP contribution is -2.61. The Morgan fingerprint density at radius 1 is 1.42 bits per heavy atom. The molecule has 0 spiro atoms. The second-order valence-corrected chi connectivity index (χ2v) is 8.41. The third kappa shape index (κ3) is 3.92. The molecular formula is C16H21FN2O6S. The zero-order valence-corrected chi connectivity index (χ0v) is 15.3. The molecule has 1 aromatic rings. The van der Waals surface area contributed by atoms with Gasteiger partial charge in [-0.3, -0.25) is 9.45 Å². The van der Waals surface area contributed by atoms with Crippen LogP contribution in [-0.2, 0) is 19.6 Å². The first-order valence-electron chi connectivity index (χ1n) is 8.13. The third-order valence-electron chi connectivity index (χ3n) is 4.70. The maximum absolute atomic E-state index is 14.5. The summed E-state index contributed by atoms with van der Waals surface area (Å²) in [6.07, 6.45) is -1.37. The average molecular weight is 388 g/mol. The first kappa shape index (κ1) is 18.9. The van der Waals surface area contributed by atoms with Gasteiger partial charge in [-0.2, -0.15) is 8.42 Å². The Labute approximate surface area is 151 Å². The number of ether oxygens (including phenoxy) is 2. The second kappa shape index (κ2) is 6.67. The van der Waals surface area contributed by atoms with Gasteiger partial charge in [-0.1, -0.05) is 0 Å². The van der Waals surface area contributed by atoms with Crippen molar-refractivity contribution in [1.82, 2.24) is 0 Å². The maximum atomic E-state index is 14.5. The summed E-state index contributed by atoms with van der Waals surface area (Å²) in [6, 6.07) is 4.47. The Balaban J connectivity index is 1.67. The molecule has 0 aliphatic carbocycles. The minimum atomic E-state index is -4.13. The van der Waals surface area contributed by atoms with Crippen LogP contribution in [0.25, 0.3) is 0 Å². The highest BCUT2D eigenvalue weighted by Gasteiger charge is 2.40. The van der Waals surface area contributed by atoms with Crippen LogP contribution in [0.4, 0.5) is 20.6 Å². The number of cyclic esters (lactones) is 1. The average Bonchev–Trinajstić information content (AvgIpc) is 2.90. The molecule has 2 aliphatic rings. The number of hydrogen-bond donors (Lipinski definition) is 1. The number of carbonyl (C=O) groups excluding carboxylic acids is 1. The lowest BCUT2D eigenvalue weighted by molar-refractivity contribution is -0.0170. The van der Waals surface area contributed by atoms with E-state index < -0.39 is 33.9 Å². The molecule has 1 amide bonds. The van der Waals surface area contributed by atoms with E-state index in [0.717, 1.165) is 0 Å². The van der Waals surface area contributed by atoms with Gasteiger partial charge in [0.25, 0.3) is 10.1 Å². The fraction of sp³-hybridized carbons (Fsp3) is 0.562. The van der Waals surface area contributed by atoms with Gasteiger partial charge in [0.05, 0.1) is 29.3 Å². The van der Waals surface area contributed by atoms with Crippen LogP contribution >= 0.6 is 0 Å². The number of hydrogen-bond acceptors (Lipinski definition) is 6. The smallest absolute Gasteiger partial charge is 0.414 e. The fourth-order valence-corrected chi connectivity index (χ4v) is 3.70. The number of amides is 1. The van der Waals surface area contributed by atoms with E-state index in [-0.39, 0.29) is 18.6 Å². The topological polar surface area (TPSA) is 96.4 Å². The highest BCUT2D eigenvalue weighted by atomic mass is 32.2. The van der Waals surface area contributed by atoms with Crippen molar-refractivity contribution in [2.75, 3.05) is 42.3 Å². The summed E-state index contributed by atoms with van der Waals surface area (Å²) in [4.78, 5) is 15.1. The molecule has 1 atom stereocenters. The van der Waals surface area contributed by atoms with Crippen LogP contribution in [-0.4, -0.2) is 63.3 Å². The molecule has 3 rings (SSSR count). The summed E-state index contributed by atoms with van der Waals surface area (Å²) in [5, 5.41) is 0. The monoisotopic (exact) mass is 388 g/mol. The van der Waals surface area contributed by atoms with Gasteiger partial charge in [0.2, 0.25) is 0 Å². The van der Waals surface area contributed by atoms with E-state index in [9.17, 15) is 17.6 Å². The molecule has 2 fully saturated rings. The summed E-state index contributed by atoms with van der Waals surface area (Å²) < 4.78 is 55.3. The Hall–Kier alpha value is -1.91. The molecule has 0 bridgehead atoms. The van der Waals surface area contributed by atoms with E-state index in [2.05, 4.69) is 0 Å². The Bertz CT molecular complexity index is 809. The van der Waals surface area contributed by atoms with Crippen molar-refractivity contribution in [3.05, 3.63) is 24.0 Å². The molecule has 8 nitrogen and oxygen atoms in total. The number of rotatable bonds is 6. The number of methoxy groups -OCH3 is 1. The summed E-state index contributed by atoms with van der Waals surface area (Å²) in [7, 11) is -2.51. The fourth-order valence-electron chi connectivity index (χ4n) is 3.14. The number of nitrogens with zero attached hydrogens (tertiary/aromatic N) is 2. The van der Waals surface area contributed by atoms with Crippen LogP contribution in [0.2, 0.25) is 0 Å². The van der Waals surface area contributed by atoms with Gasteiger partial charge >= 0.3 is 6.09 Å². The van der Waals surface area contributed by atoms with Gasteiger partial charge in [0.1, 0.15) is 11.9 Å². The SMILES string of the molecule is COC1(C)CN(c2ccc(N3C[C@@H](CCS(=O)(=O)O)OC3=O)cc2F)C1. The molecule has 0 unspecified atom stereocenters. The standard InChI is InChI=1S/C16H21FN2O6S/c1-16(24-2)9-18(10-16)14-4-3-11(7-13(14)17)19-8-12(25-15(19)20)5-6-26(21,22)23/h3-4,7,12H,5-6,8-10H2,1-2H3,(H,21,22,23)/t12-/m1/s1. The highest BCUT2D eigenvalue weighted by Crippen LogP contribution is 2.34. The van der Waals surface area contributed by atoms with Crippen molar-refractivity contribution in [3.63, 3.8) is 0 Å². The van der Waals surface area contributed by atoms with Crippen molar-refractivity contribution in [2.24, 2.45) is 0 Å². The molecule has 2 heterocycles. The summed E-state index contributed by atoms with van der Waals surface area (Å²) in [5.74, 6) is -0.964. The molecule has 0 saturated carbocycles. The number of anilines is 2. The first-order valence-corrected chi connectivity index (χ1v) is 9.74. The van der Waals surface area contributed by atoms with Crippen LogP contribution in [0.1, 0.15) is 13.3 Å². The van der Waals surface area contributed by atoms with E-state index in [1.807, 2.05) is 11.8 Å². The van der Waals surface area contributed by atoms with Crippen LogP contribution in [0, 0.1) is 5.82 Å². The molecule has 1 N–H and O–H groups in total. The molecule has 0 radical (unpaired) electrons. The van der Waals surface area contributed by atoms with E-state index in [4.69, 9.17) is 14.0 Å². The van der Waals surface area contributed by atoms with Crippen molar-refractivity contribution >= 4 is 27.6 Å². The summed E-state index contributed by atoms with van der Waals surface area (Å²) in [5.41, 5.74) is 0.476. The van der Waals surface area contributed by atoms with Crippen molar-refractivity contribution < 1.29 is 31.6 Å². The quantitative estimate of drug-likeness (QED) is 0.740. The third-order valence-corrected chi connectivity index (χ3v) is 5.45. The van der Waals surface area contributed by atoms with Crippen molar-refractivity contribution in [1.29, 1.82) is 0 Å². The van der Waals surface area contributed by atoms with E-state index in [1.165, 1.54) is 11.0 Å². The molecule has 26 heavy (non-hydrogen) atoms. The predicted molar refractivity (Wildman–Crippen MR) is 92.7 cm³/mol. The van der Waals surface area contributed by atoms with E-state index >= 15 is 0 Å². The highest BCUT2D eigenvalue weighted by molar-refractivity contribution is 7.85. The van der Waals surface area contributed by atoms with Gasteiger partial charge in [-0.05, 0) is 25.1 Å². The summed E-state index contributed by atoms with van der Waals surface area (Å²) >= 11 is 0. The minimum Gasteiger partial charge on any atom is -0.444 e. The van der Waals surface area contributed by atoms with Gasteiger partial charge in [-0.25, -0.2) is 9.18 Å². The van der Waals surface area contributed by atoms with Crippen molar-refractivity contribution in [2.45, 2.75) is 25.0 Å². The van der Waals surface area contributed by atoms with Crippen LogP contribution in [0.5, 0.6) is 0 Å². The molecule has 0 aromatic heterocycles. The number of carbonyl (C=O) groups is 1. The predicted octanol–water partition coefficient (Wildman–Crippen LogP) is 1.65. The second-order valence-electron chi connectivity index (χ2n) is 6.84. The van der Waals surface area contributed by atoms with Gasteiger partial charge in [0.15, 0.2) is 0 Å². The first-order chi connectivity index (χ1) is 12.1.